The molecule has 2 aromatic carbocycles. The summed E-state index contributed by atoms with van der Waals surface area (Å²) in [5.74, 6) is -0.624. The van der Waals surface area contributed by atoms with E-state index in [0.29, 0.717) is 5.69 Å². The third kappa shape index (κ3) is 3.99. The molecule has 1 heterocycles. The van der Waals surface area contributed by atoms with E-state index in [9.17, 15) is 14.5 Å². The van der Waals surface area contributed by atoms with Gasteiger partial charge in [0.2, 0.25) is 11.6 Å². The highest BCUT2D eigenvalue weighted by Gasteiger charge is 2.23. The molecule has 25 heavy (non-hydrogen) atoms. The van der Waals surface area contributed by atoms with Gasteiger partial charge < -0.3 is 10.6 Å². The number of halogens is 2. The molecule has 0 fully saturated rings. The number of anilines is 4. The van der Waals surface area contributed by atoms with E-state index in [1.54, 1.807) is 18.2 Å². The Morgan fingerprint density at radius 3 is 2.28 bits per heavy atom. The summed E-state index contributed by atoms with van der Waals surface area (Å²) in [4.78, 5) is 18.7. The smallest absolute Gasteiger partial charge is 0.334 e. The van der Waals surface area contributed by atoms with Crippen molar-refractivity contribution in [1.29, 1.82) is 0 Å². The molecule has 0 bridgehead atoms. The van der Waals surface area contributed by atoms with Crippen molar-refractivity contribution in [2.45, 2.75) is 0 Å². The van der Waals surface area contributed by atoms with Crippen molar-refractivity contribution in [1.82, 2.24) is 9.97 Å². The van der Waals surface area contributed by atoms with Crippen molar-refractivity contribution >= 4 is 51.3 Å². The second-order valence-electron chi connectivity index (χ2n) is 4.91. The van der Waals surface area contributed by atoms with Crippen LogP contribution in [0.2, 0.25) is 0 Å². The predicted octanol–water partition coefficient (Wildman–Crippen LogP) is 4.62. The normalized spacial score (nSPS) is 10.3. The summed E-state index contributed by atoms with van der Waals surface area (Å²) in [5, 5.41) is 17.1. The Bertz CT molecular complexity index is 921. The third-order valence-corrected chi connectivity index (χ3v) is 3.96. The molecule has 0 aliphatic rings. The van der Waals surface area contributed by atoms with Gasteiger partial charge in [-0.15, -0.1) is 0 Å². The number of benzene rings is 2. The molecule has 126 valence electrons. The van der Waals surface area contributed by atoms with Crippen molar-refractivity contribution in [3.63, 3.8) is 0 Å². The highest BCUT2D eigenvalue weighted by molar-refractivity contribution is 14.1. The van der Waals surface area contributed by atoms with Crippen molar-refractivity contribution in [3.8, 4) is 0 Å². The van der Waals surface area contributed by atoms with Gasteiger partial charge in [0.25, 0.3) is 0 Å². The minimum Gasteiger partial charge on any atom is -0.334 e. The van der Waals surface area contributed by atoms with E-state index in [4.69, 9.17) is 0 Å². The molecule has 0 aliphatic heterocycles. The van der Waals surface area contributed by atoms with Gasteiger partial charge in [-0.3, -0.25) is 10.1 Å². The monoisotopic (exact) mass is 451 g/mol. The molecule has 3 aromatic rings. The Labute approximate surface area is 155 Å². The Morgan fingerprint density at radius 1 is 1.00 bits per heavy atom. The first-order valence-electron chi connectivity index (χ1n) is 7.08. The number of nitro groups is 1. The summed E-state index contributed by atoms with van der Waals surface area (Å²) >= 11 is 2.16. The molecule has 0 radical (unpaired) electrons. The van der Waals surface area contributed by atoms with Crippen LogP contribution < -0.4 is 10.6 Å². The Morgan fingerprint density at radius 2 is 1.64 bits per heavy atom. The highest BCUT2D eigenvalue weighted by atomic mass is 127. The molecule has 0 saturated carbocycles. The molecule has 0 unspecified atom stereocenters. The fraction of sp³-hybridized carbons (Fsp3) is 0. The average Bonchev–Trinajstić information content (AvgIpc) is 2.59. The van der Waals surface area contributed by atoms with Crippen LogP contribution in [-0.2, 0) is 0 Å². The Kier molecular flexibility index (Phi) is 5.03. The van der Waals surface area contributed by atoms with Crippen LogP contribution in [0, 0.1) is 19.5 Å². The van der Waals surface area contributed by atoms with Gasteiger partial charge in [0.15, 0.2) is 0 Å². The third-order valence-electron chi connectivity index (χ3n) is 3.24. The van der Waals surface area contributed by atoms with E-state index in [1.165, 1.54) is 24.5 Å². The van der Waals surface area contributed by atoms with E-state index in [0.717, 1.165) is 3.57 Å². The minimum atomic E-state index is -0.613. The second kappa shape index (κ2) is 7.38. The SMILES string of the molecule is O=[N+]([O-])c1c(Nc2ccc(I)cc2)ncnc1Nc1ccccc1F. The lowest BCUT2D eigenvalue weighted by Crippen LogP contribution is -2.06. The number of nitrogens with zero attached hydrogens (tertiary/aromatic N) is 3. The summed E-state index contributed by atoms with van der Waals surface area (Å²) in [6, 6.07) is 13.1. The van der Waals surface area contributed by atoms with E-state index < -0.39 is 10.7 Å². The highest BCUT2D eigenvalue weighted by Crippen LogP contribution is 2.33. The number of hydrogen-bond acceptors (Lipinski definition) is 6. The first kappa shape index (κ1) is 17.0. The molecule has 0 atom stereocenters. The van der Waals surface area contributed by atoms with Crippen LogP contribution in [0.5, 0.6) is 0 Å². The molecule has 0 amide bonds. The summed E-state index contributed by atoms with van der Waals surface area (Å²) in [5.41, 5.74) is 0.355. The molecule has 0 saturated heterocycles. The van der Waals surface area contributed by atoms with E-state index in [1.807, 2.05) is 12.1 Å². The maximum atomic E-state index is 13.8. The van der Waals surface area contributed by atoms with E-state index >= 15 is 0 Å². The number of rotatable bonds is 5. The number of hydrogen-bond donors (Lipinski definition) is 2. The van der Waals surface area contributed by atoms with Crippen molar-refractivity contribution in [2.24, 2.45) is 0 Å². The first-order chi connectivity index (χ1) is 12.0. The van der Waals surface area contributed by atoms with Gasteiger partial charge >= 0.3 is 5.69 Å². The van der Waals surface area contributed by atoms with Gasteiger partial charge in [0, 0.05) is 9.26 Å². The van der Waals surface area contributed by atoms with Crippen LogP contribution in [0.15, 0.2) is 54.9 Å². The van der Waals surface area contributed by atoms with Crippen molar-refractivity contribution < 1.29 is 9.31 Å². The molecule has 3 rings (SSSR count). The van der Waals surface area contributed by atoms with E-state index in [2.05, 4.69) is 43.2 Å². The van der Waals surface area contributed by atoms with Crippen LogP contribution in [0.3, 0.4) is 0 Å². The second-order valence-corrected chi connectivity index (χ2v) is 6.16. The van der Waals surface area contributed by atoms with Gasteiger partial charge in [-0.2, -0.15) is 0 Å². The van der Waals surface area contributed by atoms with Gasteiger partial charge in [-0.25, -0.2) is 14.4 Å². The van der Waals surface area contributed by atoms with Crippen LogP contribution >= 0.6 is 22.6 Å². The molecule has 7 nitrogen and oxygen atoms in total. The van der Waals surface area contributed by atoms with Crippen LogP contribution in [0.1, 0.15) is 0 Å². The zero-order valence-electron chi connectivity index (χ0n) is 12.6. The lowest BCUT2D eigenvalue weighted by atomic mass is 10.3. The standard InChI is InChI=1S/C16H11FIN5O2/c17-12-3-1-2-4-13(12)22-16-14(23(24)25)15(19-9-20-16)21-11-7-5-10(18)6-8-11/h1-9H,(H2,19,20,21,22). The molecular weight excluding hydrogens is 440 g/mol. The summed E-state index contributed by atoms with van der Waals surface area (Å²) in [6.07, 6.45) is 1.17. The summed E-state index contributed by atoms with van der Waals surface area (Å²) in [7, 11) is 0. The lowest BCUT2D eigenvalue weighted by Gasteiger charge is -2.10. The molecule has 1 aromatic heterocycles. The van der Waals surface area contributed by atoms with Gasteiger partial charge in [0.1, 0.15) is 12.1 Å². The van der Waals surface area contributed by atoms with Crippen LogP contribution in [0.4, 0.5) is 33.1 Å². The summed E-state index contributed by atoms with van der Waals surface area (Å²) < 4.78 is 14.8. The molecular formula is C16H11FIN5O2. The zero-order valence-corrected chi connectivity index (χ0v) is 14.8. The number of aromatic nitrogens is 2. The number of para-hydroxylation sites is 1. The van der Waals surface area contributed by atoms with Gasteiger partial charge in [-0.1, -0.05) is 12.1 Å². The lowest BCUT2D eigenvalue weighted by molar-refractivity contribution is -0.383. The molecule has 2 N–H and O–H groups in total. The van der Waals surface area contributed by atoms with Crippen LogP contribution in [0.25, 0.3) is 0 Å². The topological polar surface area (TPSA) is 93.0 Å². The van der Waals surface area contributed by atoms with Crippen LogP contribution in [-0.4, -0.2) is 14.9 Å². The van der Waals surface area contributed by atoms with Gasteiger partial charge in [-0.05, 0) is 59.0 Å². The molecule has 0 spiro atoms. The largest absolute Gasteiger partial charge is 0.353 e. The fourth-order valence-electron chi connectivity index (χ4n) is 2.09. The maximum absolute atomic E-state index is 13.8. The average molecular weight is 451 g/mol. The maximum Gasteiger partial charge on any atom is 0.353 e. The predicted molar refractivity (Wildman–Crippen MR) is 101 cm³/mol. The Hall–Kier alpha value is -2.82. The minimum absolute atomic E-state index is 0.0139. The Balaban J connectivity index is 1.98. The van der Waals surface area contributed by atoms with Gasteiger partial charge in [0.05, 0.1) is 10.6 Å². The summed E-state index contributed by atoms with van der Waals surface area (Å²) in [6.45, 7) is 0. The molecule has 0 aliphatic carbocycles. The fourth-order valence-corrected chi connectivity index (χ4v) is 2.45. The van der Waals surface area contributed by atoms with E-state index in [-0.39, 0.29) is 23.0 Å². The quantitative estimate of drug-likeness (QED) is 0.334. The van der Waals surface area contributed by atoms with Crippen molar-refractivity contribution in [2.75, 3.05) is 10.6 Å². The number of nitrogens with one attached hydrogen (secondary N) is 2. The zero-order chi connectivity index (χ0) is 17.8. The first-order valence-corrected chi connectivity index (χ1v) is 8.16. The van der Waals surface area contributed by atoms with Crippen molar-refractivity contribution in [3.05, 3.63) is 74.4 Å². The molecule has 9 heteroatoms.